The molecule has 19 heavy (non-hydrogen) atoms. The number of aromatic nitrogens is 1. The maximum Gasteiger partial charge on any atom is 0.224 e. The number of nitrogens with zero attached hydrogens (tertiary/aromatic N) is 2. The van der Waals surface area contributed by atoms with Gasteiger partial charge in [-0.1, -0.05) is 12.1 Å². The van der Waals surface area contributed by atoms with Crippen LogP contribution in [0.3, 0.4) is 0 Å². The Morgan fingerprint density at radius 2 is 2.05 bits per heavy atom. The zero-order valence-electron chi connectivity index (χ0n) is 10.8. The van der Waals surface area contributed by atoms with Gasteiger partial charge in [0.25, 0.3) is 0 Å². The van der Waals surface area contributed by atoms with Gasteiger partial charge in [-0.05, 0) is 29.8 Å². The predicted octanol–water partition coefficient (Wildman–Crippen LogP) is 1.76. The van der Waals surface area contributed by atoms with Crippen LogP contribution in [0.25, 0.3) is 0 Å². The van der Waals surface area contributed by atoms with Gasteiger partial charge >= 0.3 is 0 Å². The standard InChI is InChI=1S/C15H15N3O/c1-18-8-2-3-14(18)11-17-15(19)9-12-4-6-13(10-16)7-5-12/h2-8H,9,11H2,1H3,(H,17,19). The number of benzene rings is 1. The lowest BCUT2D eigenvalue weighted by molar-refractivity contribution is -0.120. The molecule has 0 fully saturated rings. The van der Waals surface area contributed by atoms with Gasteiger partial charge in [0.1, 0.15) is 0 Å². The second-order valence-corrected chi connectivity index (χ2v) is 4.37. The highest BCUT2D eigenvalue weighted by Crippen LogP contribution is 2.04. The molecule has 1 aromatic carbocycles. The lowest BCUT2D eigenvalue weighted by atomic mass is 10.1. The van der Waals surface area contributed by atoms with Crippen molar-refractivity contribution in [2.75, 3.05) is 0 Å². The molecule has 0 bridgehead atoms. The summed E-state index contributed by atoms with van der Waals surface area (Å²) in [5.41, 5.74) is 2.57. The molecule has 1 heterocycles. The van der Waals surface area contributed by atoms with Crippen LogP contribution in [0.1, 0.15) is 16.8 Å². The van der Waals surface area contributed by atoms with E-state index in [1.165, 1.54) is 0 Å². The molecule has 1 N–H and O–H groups in total. The van der Waals surface area contributed by atoms with E-state index in [9.17, 15) is 4.79 Å². The highest BCUT2D eigenvalue weighted by molar-refractivity contribution is 5.78. The van der Waals surface area contributed by atoms with Gasteiger partial charge in [-0.2, -0.15) is 5.26 Å². The molecule has 96 valence electrons. The number of rotatable bonds is 4. The van der Waals surface area contributed by atoms with E-state index < -0.39 is 0 Å². The summed E-state index contributed by atoms with van der Waals surface area (Å²) in [7, 11) is 1.95. The van der Waals surface area contributed by atoms with Gasteiger partial charge in [0, 0.05) is 18.9 Å². The SMILES string of the molecule is Cn1cccc1CNC(=O)Cc1ccc(C#N)cc1. The van der Waals surface area contributed by atoms with Crippen LogP contribution in [0.4, 0.5) is 0 Å². The van der Waals surface area contributed by atoms with Gasteiger partial charge in [-0.3, -0.25) is 4.79 Å². The maximum absolute atomic E-state index is 11.8. The van der Waals surface area contributed by atoms with Crippen molar-refractivity contribution in [2.45, 2.75) is 13.0 Å². The highest BCUT2D eigenvalue weighted by atomic mass is 16.1. The average molecular weight is 253 g/mol. The Labute approximate surface area is 112 Å². The van der Waals surface area contributed by atoms with Crippen LogP contribution in [-0.4, -0.2) is 10.5 Å². The first kappa shape index (κ1) is 12.9. The van der Waals surface area contributed by atoms with Crippen LogP contribution < -0.4 is 5.32 Å². The lowest BCUT2D eigenvalue weighted by Gasteiger charge is -2.06. The van der Waals surface area contributed by atoms with Crippen molar-refractivity contribution in [3.63, 3.8) is 0 Å². The monoisotopic (exact) mass is 253 g/mol. The molecule has 0 unspecified atom stereocenters. The fourth-order valence-electron chi connectivity index (χ4n) is 1.81. The number of hydrogen-bond donors (Lipinski definition) is 1. The van der Waals surface area contributed by atoms with Crippen molar-refractivity contribution in [1.82, 2.24) is 9.88 Å². The summed E-state index contributed by atoms with van der Waals surface area (Å²) in [5, 5.41) is 11.6. The molecular weight excluding hydrogens is 238 g/mol. The van der Waals surface area contributed by atoms with Crippen LogP contribution in [0.5, 0.6) is 0 Å². The predicted molar refractivity (Wildman–Crippen MR) is 72.1 cm³/mol. The Hall–Kier alpha value is -2.54. The Bertz CT molecular complexity index is 605. The van der Waals surface area contributed by atoms with Crippen LogP contribution in [0.15, 0.2) is 42.6 Å². The molecule has 2 aromatic rings. The van der Waals surface area contributed by atoms with Gasteiger partial charge < -0.3 is 9.88 Å². The van der Waals surface area contributed by atoms with Gasteiger partial charge in [0.15, 0.2) is 0 Å². The molecule has 1 aromatic heterocycles. The zero-order chi connectivity index (χ0) is 13.7. The normalized spacial score (nSPS) is 9.89. The highest BCUT2D eigenvalue weighted by Gasteiger charge is 2.04. The van der Waals surface area contributed by atoms with Crippen molar-refractivity contribution in [1.29, 1.82) is 5.26 Å². The topological polar surface area (TPSA) is 57.8 Å². The molecule has 0 aliphatic rings. The minimum atomic E-state index is -0.0223. The first-order chi connectivity index (χ1) is 9.19. The summed E-state index contributed by atoms with van der Waals surface area (Å²) in [6.45, 7) is 0.526. The fraction of sp³-hybridized carbons (Fsp3) is 0.200. The Kier molecular flexibility index (Phi) is 3.99. The minimum Gasteiger partial charge on any atom is -0.353 e. The Balaban J connectivity index is 1.87. The molecule has 0 atom stereocenters. The smallest absolute Gasteiger partial charge is 0.224 e. The molecule has 1 amide bonds. The Morgan fingerprint density at radius 3 is 2.63 bits per heavy atom. The van der Waals surface area contributed by atoms with Gasteiger partial charge in [-0.25, -0.2) is 0 Å². The first-order valence-corrected chi connectivity index (χ1v) is 6.05. The van der Waals surface area contributed by atoms with E-state index in [0.717, 1.165) is 11.3 Å². The summed E-state index contributed by atoms with van der Waals surface area (Å²) in [6, 6.07) is 13.0. The summed E-state index contributed by atoms with van der Waals surface area (Å²) >= 11 is 0. The second-order valence-electron chi connectivity index (χ2n) is 4.37. The van der Waals surface area contributed by atoms with E-state index in [1.54, 1.807) is 24.3 Å². The van der Waals surface area contributed by atoms with Crippen LogP contribution in [0.2, 0.25) is 0 Å². The third-order valence-corrected chi connectivity index (χ3v) is 2.97. The van der Waals surface area contributed by atoms with E-state index in [4.69, 9.17) is 5.26 Å². The van der Waals surface area contributed by atoms with Crippen molar-refractivity contribution >= 4 is 5.91 Å². The van der Waals surface area contributed by atoms with Crippen LogP contribution >= 0.6 is 0 Å². The summed E-state index contributed by atoms with van der Waals surface area (Å²) in [6.07, 6.45) is 2.28. The van der Waals surface area contributed by atoms with Crippen molar-refractivity contribution < 1.29 is 4.79 Å². The largest absolute Gasteiger partial charge is 0.353 e. The number of nitriles is 1. The van der Waals surface area contributed by atoms with Crippen molar-refractivity contribution in [3.8, 4) is 6.07 Å². The fourth-order valence-corrected chi connectivity index (χ4v) is 1.81. The lowest BCUT2D eigenvalue weighted by Crippen LogP contribution is -2.25. The molecule has 0 saturated carbocycles. The number of aryl methyl sites for hydroxylation is 1. The number of carbonyl (C=O) groups is 1. The molecule has 0 spiro atoms. The van der Waals surface area contributed by atoms with Crippen LogP contribution in [0, 0.1) is 11.3 Å². The molecular formula is C15H15N3O. The molecule has 4 heteroatoms. The van der Waals surface area contributed by atoms with Gasteiger partial charge in [0.05, 0.1) is 24.6 Å². The van der Waals surface area contributed by atoms with E-state index in [-0.39, 0.29) is 5.91 Å². The van der Waals surface area contributed by atoms with E-state index in [0.29, 0.717) is 18.5 Å². The van der Waals surface area contributed by atoms with Gasteiger partial charge in [0.2, 0.25) is 5.91 Å². The number of carbonyl (C=O) groups excluding carboxylic acids is 1. The zero-order valence-corrected chi connectivity index (χ0v) is 10.8. The summed E-state index contributed by atoms with van der Waals surface area (Å²) < 4.78 is 1.97. The summed E-state index contributed by atoms with van der Waals surface area (Å²) in [4.78, 5) is 11.8. The third-order valence-electron chi connectivity index (χ3n) is 2.97. The quantitative estimate of drug-likeness (QED) is 0.902. The van der Waals surface area contributed by atoms with E-state index in [2.05, 4.69) is 11.4 Å². The van der Waals surface area contributed by atoms with E-state index >= 15 is 0 Å². The Morgan fingerprint density at radius 1 is 1.32 bits per heavy atom. The molecule has 2 rings (SSSR count). The van der Waals surface area contributed by atoms with Crippen molar-refractivity contribution in [2.24, 2.45) is 7.05 Å². The van der Waals surface area contributed by atoms with Crippen molar-refractivity contribution in [3.05, 3.63) is 59.4 Å². The molecule has 4 nitrogen and oxygen atoms in total. The average Bonchev–Trinajstić information content (AvgIpc) is 2.83. The third kappa shape index (κ3) is 3.46. The van der Waals surface area contributed by atoms with Gasteiger partial charge in [-0.15, -0.1) is 0 Å². The first-order valence-electron chi connectivity index (χ1n) is 6.05. The minimum absolute atomic E-state index is 0.0223. The maximum atomic E-state index is 11.8. The molecule has 0 aliphatic heterocycles. The number of amides is 1. The number of hydrogen-bond acceptors (Lipinski definition) is 2. The molecule has 0 saturated heterocycles. The molecule has 0 radical (unpaired) electrons. The van der Waals surface area contributed by atoms with Crippen LogP contribution in [-0.2, 0) is 24.8 Å². The summed E-state index contributed by atoms with van der Waals surface area (Å²) in [5.74, 6) is -0.0223. The van der Waals surface area contributed by atoms with E-state index in [1.807, 2.05) is 29.9 Å². The second kappa shape index (κ2) is 5.87. The number of nitrogens with one attached hydrogen (secondary N) is 1. The molecule has 0 aliphatic carbocycles.